The first kappa shape index (κ1) is 21.8. The lowest BCUT2D eigenvalue weighted by Gasteiger charge is -2.33. The second-order valence-corrected chi connectivity index (χ2v) is 8.51. The highest BCUT2D eigenvalue weighted by Crippen LogP contribution is 2.26. The van der Waals surface area contributed by atoms with Gasteiger partial charge in [-0.05, 0) is 56.9 Å². The van der Waals surface area contributed by atoms with E-state index in [0.717, 1.165) is 22.4 Å². The summed E-state index contributed by atoms with van der Waals surface area (Å²) in [5.74, 6) is -0.141. The number of carbonyl (C=O) groups is 3. The van der Waals surface area contributed by atoms with Crippen molar-refractivity contribution in [2.75, 3.05) is 18.1 Å². The van der Waals surface area contributed by atoms with Crippen LogP contribution in [0.25, 0.3) is 0 Å². The quantitative estimate of drug-likeness (QED) is 0.797. The van der Waals surface area contributed by atoms with E-state index in [0.29, 0.717) is 43.8 Å². The third kappa shape index (κ3) is 4.44. The Morgan fingerprint density at radius 3 is 2.50 bits per heavy atom. The van der Waals surface area contributed by atoms with Gasteiger partial charge in [0.05, 0.1) is 12.0 Å². The fourth-order valence-corrected chi connectivity index (χ4v) is 4.11. The van der Waals surface area contributed by atoms with Crippen LogP contribution in [0.15, 0.2) is 40.0 Å². The second-order valence-electron chi connectivity index (χ2n) is 8.51. The number of amides is 3. The highest BCUT2D eigenvalue weighted by atomic mass is 16.3. The van der Waals surface area contributed by atoms with E-state index in [4.69, 9.17) is 4.42 Å². The van der Waals surface area contributed by atoms with Gasteiger partial charge in [0, 0.05) is 37.5 Å². The van der Waals surface area contributed by atoms with Crippen LogP contribution >= 0.6 is 0 Å². The van der Waals surface area contributed by atoms with Crippen LogP contribution in [0.2, 0.25) is 0 Å². The molecule has 2 aliphatic rings. The van der Waals surface area contributed by atoms with Gasteiger partial charge in [-0.25, -0.2) is 5.01 Å². The number of piperidine rings is 1. The Morgan fingerprint density at radius 1 is 1.06 bits per heavy atom. The molecule has 0 saturated carbocycles. The standard InChI is InChI=1S/C24H28N4O4/c1-15-4-5-16(2)20(14-15)28-21(29)7-6-19(26-28)24(31)27-11-8-18(9-12-27)25-23(30)22-17(3)10-13-32-22/h4-5,10,13-14,18H,6-9,11-12H2,1-3H3,(H,25,30). The third-order valence-corrected chi connectivity index (χ3v) is 6.06. The molecule has 2 aliphatic heterocycles. The minimum absolute atomic E-state index is 0.0163. The van der Waals surface area contributed by atoms with E-state index >= 15 is 0 Å². The van der Waals surface area contributed by atoms with Gasteiger partial charge in [-0.15, -0.1) is 0 Å². The molecule has 32 heavy (non-hydrogen) atoms. The maximum atomic E-state index is 13.1. The smallest absolute Gasteiger partial charge is 0.287 e. The van der Waals surface area contributed by atoms with Crippen molar-refractivity contribution < 1.29 is 18.8 Å². The first-order valence-corrected chi connectivity index (χ1v) is 11.0. The van der Waals surface area contributed by atoms with Gasteiger partial charge in [0.1, 0.15) is 5.71 Å². The predicted molar refractivity (Wildman–Crippen MR) is 121 cm³/mol. The van der Waals surface area contributed by atoms with Crippen LogP contribution in [0.5, 0.6) is 0 Å². The molecule has 1 fully saturated rings. The summed E-state index contributed by atoms with van der Waals surface area (Å²) in [5, 5.41) is 8.81. The van der Waals surface area contributed by atoms with Crippen molar-refractivity contribution in [2.45, 2.75) is 52.5 Å². The third-order valence-electron chi connectivity index (χ3n) is 6.06. The molecule has 3 amide bonds. The summed E-state index contributed by atoms with van der Waals surface area (Å²) in [6, 6.07) is 7.59. The summed E-state index contributed by atoms with van der Waals surface area (Å²) in [5.41, 5.74) is 3.88. The first-order chi connectivity index (χ1) is 15.3. The summed E-state index contributed by atoms with van der Waals surface area (Å²) in [7, 11) is 0. The Balaban J connectivity index is 1.40. The summed E-state index contributed by atoms with van der Waals surface area (Å²) >= 11 is 0. The van der Waals surface area contributed by atoms with Gasteiger partial charge >= 0.3 is 0 Å². The number of hydrogen-bond donors (Lipinski definition) is 1. The van der Waals surface area contributed by atoms with E-state index in [1.165, 1.54) is 11.3 Å². The Labute approximate surface area is 187 Å². The van der Waals surface area contributed by atoms with Crippen LogP contribution in [0, 0.1) is 20.8 Å². The maximum Gasteiger partial charge on any atom is 0.287 e. The number of hydrogen-bond acceptors (Lipinski definition) is 5. The number of likely N-dealkylation sites (tertiary alicyclic amines) is 1. The summed E-state index contributed by atoms with van der Waals surface area (Å²) in [6.45, 7) is 6.77. The Hall–Kier alpha value is -3.42. The molecule has 0 bridgehead atoms. The van der Waals surface area contributed by atoms with E-state index in [9.17, 15) is 14.4 Å². The van der Waals surface area contributed by atoms with Crippen LogP contribution in [-0.2, 0) is 9.59 Å². The van der Waals surface area contributed by atoms with Crippen molar-refractivity contribution in [2.24, 2.45) is 5.10 Å². The van der Waals surface area contributed by atoms with E-state index in [1.807, 2.05) is 39.0 Å². The Bertz CT molecular complexity index is 1080. The summed E-state index contributed by atoms with van der Waals surface area (Å²) in [4.78, 5) is 39.7. The summed E-state index contributed by atoms with van der Waals surface area (Å²) < 4.78 is 5.25. The monoisotopic (exact) mass is 436 g/mol. The maximum absolute atomic E-state index is 13.1. The minimum atomic E-state index is -0.225. The molecule has 3 heterocycles. The molecule has 4 rings (SSSR count). The second kappa shape index (κ2) is 8.98. The normalized spacial score (nSPS) is 17.3. The lowest BCUT2D eigenvalue weighted by Crippen LogP contribution is -2.49. The number of benzene rings is 1. The molecule has 0 radical (unpaired) electrons. The first-order valence-electron chi connectivity index (χ1n) is 11.0. The number of nitrogens with one attached hydrogen (secondary N) is 1. The molecule has 8 heteroatoms. The van der Waals surface area contributed by atoms with Crippen molar-refractivity contribution in [1.82, 2.24) is 10.2 Å². The number of carbonyl (C=O) groups excluding carboxylic acids is 3. The lowest BCUT2D eigenvalue weighted by molar-refractivity contribution is -0.125. The average Bonchev–Trinajstić information content (AvgIpc) is 3.22. The van der Waals surface area contributed by atoms with Gasteiger partial charge < -0.3 is 14.6 Å². The molecule has 0 spiro atoms. The predicted octanol–water partition coefficient (Wildman–Crippen LogP) is 3.11. The van der Waals surface area contributed by atoms with E-state index in [2.05, 4.69) is 10.4 Å². The fraction of sp³-hybridized carbons (Fsp3) is 0.417. The van der Waals surface area contributed by atoms with Crippen LogP contribution in [-0.4, -0.2) is 47.5 Å². The van der Waals surface area contributed by atoms with Gasteiger partial charge in [0.15, 0.2) is 5.76 Å². The molecule has 1 saturated heterocycles. The van der Waals surface area contributed by atoms with Crippen LogP contribution in [0.1, 0.15) is 52.9 Å². The van der Waals surface area contributed by atoms with Gasteiger partial charge in [-0.1, -0.05) is 12.1 Å². The van der Waals surface area contributed by atoms with Gasteiger partial charge in [-0.2, -0.15) is 5.10 Å². The highest BCUT2D eigenvalue weighted by Gasteiger charge is 2.31. The van der Waals surface area contributed by atoms with E-state index < -0.39 is 0 Å². The van der Waals surface area contributed by atoms with Crippen molar-refractivity contribution in [1.29, 1.82) is 0 Å². The van der Waals surface area contributed by atoms with Crippen LogP contribution < -0.4 is 10.3 Å². The summed E-state index contributed by atoms with van der Waals surface area (Å²) in [6.07, 6.45) is 3.41. The van der Waals surface area contributed by atoms with Crippen molar-refractivity contribution in [3.8, 4) is 0 Å². The molecular formula is C24H28N4O4. The zero-order valence-electron chi connectivity index (χ0n) is 18.7. The zero-order valence-corrected chi connectivity index (χ0v) is 18.7. The fourth-order valence-electron chi connectivity index (χ4n) is 4.11. The number of furan rings is 1. The lowest BCUT2D eigenvalue weighted by atomic mass is 10.0. The number of aryl methyl sites for hydroxylation is 3. The molecule has 0 unspecified atom stereocenters. The van der Waals surface area contributed by atoms with Crippen LogP contribution in [0.4, 0.5) is 5.69 Å². The molecule has 1 aromatic heterocycles. The molecule has 2 aromatic rings. The molecule has 168 valence electrons. The molecule has 1 N–H and O–H groups in total. The van der Waals surface area contributed by atoms with Crippen molar-refractivity contribution in [3.05, 3.63) is 53.0 Å². The SMILES string of the molecule is Cc1ccc(C)c(N2N=C(C(=O)N3CCC(NC(=O)c4occc4C)CC3)CCC2=O)c1. The Kier molecular flexibility index (Phi) is 6.12. The largest absolute Gasteiger partial charge is 0.459 e. The van der Waals surface area contributed by atoms with Gasteiger partial charge in [0.2, 0.25) is 5.91 Å². The number of hydrazone groups is 1. The highest BCUT2D eigenvalue weighted by molar-refractivity contribution is 6.40. The molecular weight excluding hydrogens is 408 g/mol. The topological polar surface area (TPSA) is 95.2 Å². The number of nitrogens with zero attached hydrogens (tertiary/aromatic N) is 3. The van der Waals surface area contributed by atoms with Crippen LogP contribution in [0.3, 0.4) is 0 Å². The molecule has 0 aliphatic carbocycles. The zero-order chi connectivity index (χ0) is 22.8. The Morgan fingerprint density at radius 2 is 1.81 bits per heavy atom. The van der Waals surface area contributed by atoms with E-state index in [-0.39, 0.29) is 30.2 Å². The number of anilines is 1. The van der Waals surface area contributed by atoms with Crippen molar-refractivity contribution >= 4 is 29.1 Å². The average molecular weight is 437 g/mol. The van der Waals surface area contributed by atoms with Gasteiger partial charge in [0.25, 0.3) is 11.8 Å². The molecule has 8 nitrogen and oxygen atoms in total. The van der Waals surface area contributed by atoms with E-state index in [1.54, 1.807) is 11.0 Å². The molecule has 1 aromatic carbocycles. The van der Waals surface area contributed by atoms with Gasteiger partial charge in [-0.3, -0.25) is 14.4 Å². The number of rotatable bonds is 4. The minimum Gasteiger partial charge on any atom is -0.459 e. The van der Waals surface area contributed by atoms with Crippen molar-refractivity contribution in [3.63, 3.8) is 0 Å². The molecule has 0 atom stereocenters.